The fourth-order valence-electron chi connectivity index (χ4n) is 5.24. The van der Waals surface area contributed by atoms with Crippen LogP contribution in [0.2, 0.25) is 5.02 Å². The standard InChI is InChI=1S/C48H64ClN3O8/c1-4-5-6-7-8-9-10-11-12-13-14-15-16-17-18-19-20-21-22-23-44(55)51-34-43(46(57)59-37-39(35-53)36-54)52-47(58)48(2,3)60-42-30-24-38(25-31-42)32-33-50-45(56)40-26-28-41(49)29-27-40/h5-6,8-9,11-12,14-15,17-18,20-21,24-31,39,43,53-54H,4,7,10,13,16,19,22-23,32-37H2,1-3H3,(H,50,56)(H,51,55)(H,52,58). The molecule has 3 amide bonds. The van der Waals surface area contributed by atoms with E-state index in [4.69, 9.17) is 21.1 Å². The molecule has 0 aliphatic rings. The third-order valence-electron chi connectivity index (χ3n) is 8.85. The molecular weight excluding hydrogens is 782 g/mol. The monoisotopic (exact) mass is 845 g/mol. The van der Waals surface area contributed by atoms with Crippen LogP contribution in [-0.4, -0.2) is 78.5 Å². The second-order valence-corrected chi connectivity index (χ2v) is 14.9. The molecule has 5 N–H and O–H groups in total. The topological polar surface area (TPSA) is 163 Å². The quantitative estimate of drug-likeness (QED) is 0.0411. The molecular formula is C48H64ClN3O8. The van der Waals surface area contributed by atoms with Crippen molar-refractivity contribution >= 4 is 35.3 Å². The minimum atomic E-state index is -1.44. The highest BCUT2D eigenvalue weighted by Crippen LogP contribution is 2.20. The number of carbonyl (C=O) groups is 4. The van der Waals surface area contributed by atoms with Crippen LogP contribution in [0.3, 0.4) is 0 Å². The summed E-state index contributed by atoms with van der Waals surface area (Å²) in [6, 6.07) is 12.4. The summed E-state index contributed by atoms with van der Waals surface area (Å²) in [6.45, 7) is 4.32. The molecule has 2 rings (SSSR count). The number of rotatable bonds is 29. The minimum absolute atomic E-state index is 0.175. The first-order valence-electron chi connectivity index (χ1n) is 20.7. The lowest BCUT2D eigenvalue weighted by Crippen LogP contribution is -2.56. The van der Waals surface area contributed by atoms with Crippen LogP contribution < -0.4 is 20.7 Å². The number of nitrogens with one attached hydrogen (secondary N) is 3. The molecule has 0 aromatic heterocycles. The first-order chi connectivity index (χ1) is 29.0. The maximum atomic E-state index is 13.4. The molecule has 1 atom stereocenters. The predicted octanol–water partition coefficient (Wildman–Crippen LogP) is 7.69. The molecule has 60 heavy (non-hydrogen) atoms. The summed E-state index contributed by atoms with van der Waals surface area (Å²) in [6.07, 6.45) is 32.1. The fraction of sp³-hybridized carbons (Fsp3) is 0.417. The number of aliphatic hydroxyl groups excluding tert-OH is 2. The first-order valence-corrected chi connectivity index (χ1v) is 21.0. The summed E-state index contributed by atoms with van der Waals surface area (Å²) in [5.41, 5.74) is 0.00747. The third-order valence-corrected chi connectivity index (χ3v) is 9.11. The van der Waals surface area contributed by atoms with E-state index in [0.717, 1.165) is 44.1 Å². The molecule has 0 saturated heterocycles. The summed E-state index contributed by atoms with van der Waals surface area (Å²) in [5.74, 6) is -2.28. The average molecular weight is 847 g/mol. The van der Waals surface area contributed by atoms with Gasteiger partial charge in [0, 0.05) is 36.0 Å². The van der Waals surface area contributed by atoms with E-state index in [1.807, 2.05) is 24.3 Å². The van der Waals surface area contributed by atoms with Gasteiger partial charge in [-0.05, 0) is 107 Å². The number of aliphatic hydroxyl groups is 2. The van der Waals surface area contributed by atoms with Crippen molar-refractivity contribution in [2.75, 3.05) is 32.9 Å². The molecule has 0 fully saturated rings. The summed E-state index contributed by atoms with van der Waals surface area (Å²) in [5, 5.41) is 27.5. The highest BCUT2D eigenvalue weighted by atomic mass is 35.5. The summed E-state index contributed by atoms with van der Waals surface area (Å²) < 4.78 is 11.3. The second kappa shape index (κ2) is 30.8. The number of halogens is 1. The van der Waals surface area contributed by atoms with Crippen molar-refractivity contribution in [2.24, 2.45) is 5.92 Å². The van der Waals surface area contributed by atoms with Crippen LogP contribution >= 0.6 is 11.6 Å². The number of esters is 1. The molecule has 12 heteroatoms. The van der Waals surface area contributed by atoms with Crippen molar-refractivity contribution in [1.29, 1.82) is 0 Å². The Balaban J connectivity index is 1.80. The number of allylic oxidation sites excluding steroid dienone is 12. The largest absolute Gasteiger partial charge is 0.478 e. The van der Waals surface area contributed by atoms with Gasteiger partial charge in [0.1, 0.15) is 11.8 Å². The van der Waals surface area contributed by atoms with Gasteiger partial charge >= 0.3 is 5.97 Å². The van der Waals surface area contributed by atoms with E-state index in [0.29, 0.717) is 35.7 Å². The summed E-state index contributed by atoms with van der Waals surface area (Å²) >= 11 is 5.90. The van der Waals surface area contributed by atoms with Gasteiger partial charge in [-0.1, -0.05) is 104 Å². The van der Waals surface area contributed by atoms with Crippen LogP contribution in [0, 0.1) is 5.92 Å². The van der Waals surface area contributed by atoms with Gasteiger partial charge in [0.05, 0.1) is 19.8 Å². The Kier molecular flexibility index (Phi) is 26.1. The number of hydrogen-bond acceptors (Lipinski definition) is 8. The highest BCUT2D eigenvalue weighted by Gasteiger charge is 2.34. The van der Waals surface area contributed by atoms with Gasteiger partial charge in [-0.3, -0.25) is 14.4 Å². The van der Waals surface area contributed by atoms with E-state index >= 15 is 0 Å². The zero-order chi connectivity index (χ0) is 43.9. The van der Waals surface area contributed by atoms with Gasteiger partial charge in [0.2, 0.25) is 5.91 Å². The molecule has 0 bridgehead atoms. The second-order valence-electron chi connectivity index (χ2n) is 14.4. The number of benzene rings is 2. The number of amides is 3. The van der Waals surface area contributed by atoms with Gasteiger partial charge < -0.3 is 35.6 Å². The Labute approximate surface area is 361 Å². The van der Waals surface area contributed by atoms with Gasteiger partial charge in [-0.15, -0.1) is 0 Å². The Hall–Kier alpha value is -5.23. The normalized spacial score (nSPS) is 12.7. The first kappa shape index (κ1) is 50.9. The average Bonchev–Trinajstić information content (AvgIpc) is 3.24. The smallest absolute Gasteiger partial charge is 0.330 e. The van der Waals surface area contributed by atoms with Crippen LogP contribution in [0.15, 0.2) is 121 Å². The van der Waals surface area contributed by atoms with E-state index in [-0.39, 0.29) is 31.4 Å². The van der Waals surface area contributed by atoms with Crippen LogP contribution in [0.25, 0.3) is 0 Å². The number of ether oxygens (including phenoxy) is 2. The van der Waals surface area contributed by atoms with Gasteiger partial charge in [-0.2, -0.15) is 0 Å². The fourth-order valence-corrected chi connectivity index (χ4v) is 5.36. The molecule has 11 nitrogen and oxygen atoms in total. The van der Waals surface area contributed by atoms with Crippen LogP contribution in [0.4, 0.5) is 0 Å². The molecule has 0 radical (unpaired) electrons. The van der Waals surface area contributed by atoms with Crippen LogP contribution in [0.5, 0.6) is 5.75 Å². The Morgan fingerprint density at radius 1 is 0.733 bits per heavy atom. The maximum absolute atomic E-state index is 13.4. The predicted molar refractivity (Wildman–Crippen MR) is 240 cm³/mol. The maximum Gasteiger partial charge on any atom is 0.330 e. The molecule has 0 spiro atoms. The Morgan fingerprint density at radius 3 is 1.80 bits per heavy atom. The Morgan fingerprint density at radius 2 is 1.27 bits per heavy atom. The number of hydrogen-bond donors (Lipinski definition) is 5. The van der Waals surface area contributed by atoms with Gasteiger partial charge in [0.15, 0.2) is 5.60 Å². The lowest BCUT2D eigenvalue weighted by atomic mass is 10.1. The van der Waals surface area contributed by atoms with Gasteiger partial charge in [0.25, 0.3) is 11.8 Å². The zero-order valence-electron chi connectivity index (χ0n) is 35.3. The van der Waals surface area contributed by atoms with Crippen molar-refractivity contribution in [2.45, 2.75) is 90.2 Å². The molecule has 0 saturated carbocycles. The van der Waals surface area contributed by atoms with Crippen molar-refractivity contribution in [3.63, 3.8) is 0 Å². The molecule has 0 aliphatic carbocycles. The summed E-state index contributed by atoms with van der Waals surface area (Å²) in [4.78, 5) is 51.6. The number of carbonyl (C=O) groups excluding carboxylic acids is 4. The molecule has 2 aromatic carbocycles. The highest BCUT2D eigenvalue weighted by molar-refractivity contribution is 6.30. The molecule has 0 heterocycles. The van der Waals surface area contributed by atoms with E-state index < -0.39 is 42.7 Å². The SMILES string of the molecule is CCC=CCC=CCC=CCC=CCC=CCC=CCCC(=O)NCC(NC(=O)C(C)(C)Oc1ccc(CCNC(=O)c2ccc(Cl)cc2)cc1)C(=O)OCC(CO)CO. The van der Waals surface area contributed by atoms with E-state index in [1.54, 1.807) is 50.2 Å². The van der Waals surface area contributed by atoms with E-state index in [2.05, 4.69) is 83.6 Å². The van der Waals surface area contributed by atoms with E-state index in [9.17, 15) is 29.4 Å². The Bertz CT molecular complexity index is 1740. The van der Waals surface area contributed by atoms with Crippen LogP contribution in [0.1, 0.15) is 88.1 Å². The van der Waals surface area contributed by atoms with E-state index in [1.165, 1.54) is 0 Å². The molecule has 326 valence electrons. The molecule has 0 aliphatic heterocycles. The van der Waals surface area contributed by atoms with Crippen molar-refractivity contribution in [3.05, 3.63) is 138 Å². The van der Waals surface area contributed by atoms with Crippen molar-refractivity contribution < 1.29 is 38.9 Å². The van der Waals surface area contributed by atoms with Gasteiger partial charge in [-0.25, -0.2) is 4.79 Å². The van der Waals surface area contributed by atoms with Crippen molar-refractivity contribution in [3.8, 4) is 5.75 Å². The third kappa shape index (κ3) is 22.8. The molecule has 2 aromatic rings. The minimum Gasteiger partial charge on any atom is -0.478 e. The lowest BCUT2D eigenvalue weighted by Gasteiger charge is -2.28. The van der Waals surface area contributed by atoms with Crippen molar-refractivity contribution in [1.82, 2.24) is 16.0 Å². The zero-order valence-corrected chi connectivity index (χ0v) is 36.1. The summed E-state index contributed by atoms with van der Waals surface area (Å²) in [7, 11) is 0. The molecule has 1 unspecified atom stereocenters. The lowest BCUT2D eigenvalue weighted by molar-refractivity contribution is -0.151. The van der Waals surface area contributed by atoms with Crippen LogP contribution in [-0.2, 0) is 25.5 Å².